The Morgan fingerprint density at radius 1 is 1.38 bits per heavy atom. The number of hydrogen-bond acceptors (Lipinski definition) is 5. The SMILES string of the molecule is CC[C@H](C)c1nc2ccc(Br)cc2c(=O)n1N=Cc1ccc(OCC#N)c(Cl)c1. The summed E-state index contributed by atoms with van der Waals surface area (Å²) in [5.41, 5.74) is 1.10. The van der Waals surface area contributed by atoms with Crippen LogP contribution in [0.5, 0.6) is 5.75 Å². The van der Waals surface area contributed by atoms with Gasteiger partial charge in [0.1, 0.15) is 17.6 Å². The molecule has 0 aliphatic heterocycles. The van der Waals surface area contributed by atoms with Crippen LogP contribution in [0.1, 0.15) is 37.6 Å². The van der Waals surface area contributed by atoms with Gasteiger partial charge in [0.05, 0.1) is 22.1 Å². The highest BCUT2D eigenvalue weighted by atomic mass is 79.9. The smallest absolute Gasteiger partial charge is 0.282 e. The van der Waals surface area contributed by atoms with Crippen molar-refractivity contribution in [2.75, 3.05) is 6.61 Å². The van der Waals surface area contributed by atoms with Crippen LogP contribution in [0.25, 0.3) is 10.9 Å². The molecule has 1 aromatic heterocycles. The van der Waals surface area contributed by atoms with Crippen molar-refractivity contribution in [1.29, 1.82) is 5.26 Å². The highest BCUT2D eigenvalue weighted by Gasteiger charge is 2.15. The van der Waals surface area contributed by atoms with E-state index in [-0.39, 0.29) is 18.1 Å². The summed E-state index contributed by atoms with van der Waals surface area (Å²) in [6.45, 7) is 3.96. The number of fused-ring (bicyclic) bond motifs is 1. The van der Waals surface area contributed by atoms with Gasteiger partial charge in [-0.1, -0.05) is 41.4 Å². The van der Waals surface area contributed by atoms with Gasteiger partial charge < -0.3 is 4.74 Å². The minimum atomic E-state index is -0.233. The minimum Gasteiger partial charge on any atom is -0.477 e. The van der Waals surface area contributed by atoms with E-state index in [0.29, 0.717) is 33.1 Å². The molecule has 1 atom stereocenters. The van der Waals surface area contributed by atoms with E-state index in [1.54, 1.807) is 30.5 Å². The van der Waals surface area contributed by atoms with E-state index in [9.17, 15) is 4.79 Å². The molecule has 6 nitrogen and oxygen atoms in total. The summed E-state index contributed by atoms with van der Waals surface area (Å²) in [6, 6.07) is 12.4. The molecule has 0 spiro atoms. The van der Waals surface area contributed by atoms with E-state index >= 15 is 0 Å². The van der Waals surface area contributed by atoms with Crippen LogP contribution in [0.4, 0.5) is 0 Å². The van der Waals surface area contributed by atoms with E-state index in [1.165, 1.54) is 4.68 Å². The predicted molar refractivity (Wildman–Crippen MR) is 118 cm³/mol. The van der Waals surface area contributed by atoms with Crippen LogP contribution in [-0.4, -0.2) is 22.5 Å². The van der Waals surface area contributed by atoms with Gasteiger partial charge in [0.2, 0.25) is 0 Å². The Kier molecular flexibility index (Phi) is 6.68. The molecule has 0 saturated heterocycles. The summed E-state index contributed by atoms with van der Waals surface area (Å²) in [5.74, 6) is 1.07. The number of aromatic nitrogens is 2. The third-order valence-corrected chi connectivity index (χ3v) is 5.25. The van der Waals surface area contributed by atoms with Crippen LogP contribution in [0, 0.1) is 11.3 Å². The normalized spacial score (nSPS) is 12.2. The van der Waals surface area contributed by atoms with E-state index in [1.807, 2.05) is 32.0 Å². The molecular weight excluding hydrogens is 456 g/mol. The molecule has 0 amide bonds. The Hall–Kier alpha value is -2.69. The van der Waals surface area contributed by atoms with Gasteiger partial charge in [-0.15, -0.1) is 0 Å². The summed E-state index contributed by atoms with van der Waals surface area (Å²) in [5, 5.41) is 13.9. The Bertz CT molecular complexity index is 1180. The lowest BCUT2D eigenvalue weighted by molar-refractivity contribution is 0.368. The molecule has 0 unspecified atom stereocenters. The zero-order valence-corrected chi connectivity index (χ0v) is 18.2. The molecule has 0 N–H and O–H groups in total. The molecule has 2 aromatic carbocycles. The highest BCUT2D eigenvalue weighted by Crippen LogP contribution is 2.25. The van der Waals surface area contributed by atoms with Gasteiger partial charge in [-0.2, -0.15) is 15.0 Å². The van der Waals surface area contributed by atoms with Gasteiger partial charge in [-0.3, -0.25) is 4.79 Å². The van der Waals surface area contributed by atoms with Crippen molar-refractivity contribution in [3.05, 3.63) is 67.6 Å². The summed E-state index contributed by atoms with van der Waals surface area (Å²) < 4.78 is 7.39. The van der Waals surface area contributed by atoms with Crippen molar-refractivity contribution in [2.45, 2.75) is 26.2 Å². The number of benzene rings is 2. The maximum atomic E-state index is 13.1. The summed E-state index contributed by atoms with van der Waals surface area (Å²) >= 11 is 9.60. The van der Waals surface area contributed by atoms with Gasteiger partial charge >= 0.3 is 0 Å². The first-order valence-corrected chi connectivity index (χ1v) is 10.2. The third-order valence-electron chi connectivity index (χ3n) is 4.46. The monoisotopic (exact) mass is 472 g/mol. The summed E-state index contributed by atoms with van der Waals surface area (Å²) in [6.07, 6.45) is 2.37. The second kappa shape index (κ2) is 9.21. The average molecular weight is 474 g/mol. The van der Waals surface area contributed by atoms with E-state index in [0.717, 1.165) is 10.9 Å². The van der Waals surface area contributed by atoms with Gasteiger partial charge in [0.25, 0.3) is 5.56 Å². The maximum Gasteiger partial charge on any atom is 0.282 e. The third kappa shape index (κ3) is 4.66. The second-order valence-corrected chi connectivity index (χ2v) is 7.76. The van der Waals surface area contributed by atoms with Crippen LogP contribution in [0.3, 0.4) is 0 Å². The van der Waals surface area contributed by atoms with Crippen LogP contribution >= 0.6 is 27.5 Å². The van der Waals surface area contributed by atoms with Gasteiger partial charge in [-0.05, 0) is 48.4 Å². The van der Waals surface area contributed by atoms with Crippen molar-refractivity contribution in [1.82, 2.24) is 9.66 Å². The van der Waals surface area contributed by atoms with Crippen molar-refractivity contribution < 1.29 is 4.74 Å². The van der Waals surface area contributed by atoms with E-state index in [4.69, 9.17) is 21.6 Å². The number of nitrogens with zero attached hydrogens (tertiary/aromatic N) is 4. The molecule has 0 saturated carbocycles. The first kappa shape index (κ1) is 21.0. The fourth-order valence-corrected chi connectivity index (χ4v) is 3.33. The topological polar surface area (TPSA) is 80.3 Å². The molecule has 0 aliphatic carbocycles. The Morgan fingerprint density at radius 3 is 2.86 bits per heavy atom. The van der Waals surface area contributed by atoms with Crippen molar-refractivity contribution >= 4 is 44.6 Å². The number of hydrogen-bond donors (Lipinski definition) is 0. The quantitative estimate of drug-likeness (QED) is 0.466. The molecule has 3 aromatic rings. The molecule has 3 rings (SSSR count). The predicted octanol–water partition coefficient (Wildman–Crippen LogP) is 5.11. The lowest BCUT2D eigenvalue weighted by Crippen LogP contribution is -2.23. The maximum absolute atomic E-state index is 13.1. The Labute approximate surface area is 181 Å². The molecule has 148 valence electrons. The second-order valence-electron chi connectivity index (χ2n) is 6.44. The number of ether oxygens (including phenoxy) is 1. The zero-order chi connectivity index (χ0) is 21.0. The first-order chi connectivity index (χ1) is 13.9. The molecule has 0 radical (unpaired) electrons. The molecule has 0 bridgehead atoms. The van der Waals surface area contributed by atoms with E-state index in [2.05, 4.69) is 26.0 Å². The van der Waals surface area contributed by atoms with Crippen LogP contribution in [-0.2, 0) is 0 Å². The fraction of sp³-hybridized carbons (Fsp3) is 0.238. The van der Waals surface area contributed by atoms with Crippen LogP contribution in [0.15, 0.2) is 50.8 Å². The molecule has 8 heteroatoms. The lowest BCUT2D eigenvalue weighted by atomic mass is 10.1. The van der Waals surface area contributed by atoms with Crippen molar-refractivity contribution in [3.63, 3.8) is 0 Å². The van der Waals surface area contributed by atoms with Gasteiger partial charge in [-0.25, -0.2) is 4.98 Å². The Balaban J connectivity index is 2.06. The van der Waals surface area contributed by atoms with E-state index < -0.39 is 0 Å². The van der Waals surface area contributed by atoms with Gasteiger partial charge in [0.15, 0.2) is 6.61 Å². The largest absolute Gasteiger partial charge is 0.477 e. The summed E-state index contributed by atoms with van der Waals surface area (Å²) in [7, 11) is 0. The van der Waals surface area contributed by atoms with Crippen molar-refractivity contribution in [2.24, 2.45) is 5.10 Å². The number of nitriles is 1. The zero-order valence-electron chi connectivity index (χ0n) is 15.9. The molecule has 0 aliphatic rings. The van der Waals surface area contributed by atoms with Crippen LogP contribution in [0.2, 0.25) is 5.02 Å². The highest BCUT2D eigenvalue weighted by molar-refractivity contribution is 9.10. The standard InChI is InChI=1S/C21H18BrClN4O2/c1-3-13(2)20-26-18-6-5-15(22)11-16(18)21(28)27(20)25-12-14-4-7-19(17(23)10-14)29-9-8-24/h4-7,10-13H,3,9H2,1-2H3/t13-/m0/s1. The van der Waals surface area contributed by atoms with Crippen molar-refractivity contribution in [3.8, 4) is 11.8 Å². The number of rotatable bonds is 6. The molecular formula is C21H18BrClN4O2. The molecule has 1 heterocycles. The fourth-order valence-electron chi connectivity index (χ4n) is 2.73. The minimum absolute atomic E-state index is 0.0539. The Morgan fingerprint density at radius 2 is 2.17 bits per heavy atom. The number of halogens is 2. The van der Waals surface area contributed by atoms with Gasteiger partial charge in [0, 0.05) is 10.4 Å². The first-order valence-electron chi connectivity index (χ1n) is 9.00. The average Bonchev–Trinajstić information content (AvgIpc) is 2.72. The molecule has 29 heavy (non-hydrogen) atoms. The van der Waals surface area contributed by atoms with Crippen LogP contribution < -0.4 is 10.3 Å². The lowest BCUT2D eigenvalue weighted by Gasteiger charge is -2.14. The summed E-state index contributed by atoms with van der Waals surface area (Å²) in [4.78, 5) is 17.8. The molecule has 0 fully saturated rings.